The van der Waals surface area contributed by atoms with Crippen LogP contribution in [0.25, 0.3) is 0 Å². The number of likely N-dealkylation sites (tertiary alicyclic amines) is 1. The van der Waals surface area contributed by atoms with Gasteiger partial charge in [0.1, 0.15) is 5.78 Å². The van der Waals surface area contributed by atoms with Gasteiger partial charge in [0, 0.05) is 32.5 Å². The van der Waals surface area contributed by atoms with Gasteiger partial charge in [0.05, 0.1) is 0 Å². The van der Waals surface area contributed by atoms with Gasteiger partial charge in [-0.2, -0.15) is 0 Å². The largest absolute Gasteiger partial charge is 0.300 e. The minimum absolute atomic E-state index is 0.424. The molecule has 1 heterocycles. The molecule has 0 saturated carbocycles. The number of ketones is 1. The molecular formula is C13H19NO. The van der Waals surface area contributed by atoms with E-state index >= 15 is 0 Å². The highest BCUT2D eigenvalue weighted by Gasteiger charge is 2.16. The van der Waals surface area contributed by atoms with Gasteiger partial charge in [-0.15, -0.1) is 0 Å². The van der Waals surface area contributed by atoms with E-state index in [1.165, 1.54) is 12.0 Å². The van der Waals surface area contributed by atoms with Crippen LogP contribution in [0.2, 0.25) is 0 Å². The smallest absolute Gasteiger partial charge is 0.135 e. The van der Waals surface area contributed by atoms with Gasteiger partial charge in [0.25, 0.3) is 0 Å². The molecule has 0 aromatic carbocycles. The molecule has 0 radical (unpaired) electrons. The summed E-state index contributed by atoms with van der Waals surface area (Å²) in [4.78, 5) is 13.5. The van der Waals surface area contributed by atoms with Crippen molar-refractivity contribution in [1.82, 2.24) is 4.90 Å². The molecule has 0 aromatic rings. The molecule has 0 N–H and O–H groups in total. The summed E-state index contributed by atoms with van der Waals surface area (Å²) < 4.78 is 0. The molecule has 0 aromatic heterocycles. The van der Waals surface area contributed by atoms with Crippen LogP contribution in [-0.2, 0) is 4.79 Å². The average molecular weight is 205 g/mol. The van der Waals surface area contributed by atoms with Crippen LogP contribution in [0.15, 0.2) is 23.8 Å². The summed E-state index contributed by atoms with van der Waals surface area (Å²) in [5.41, 5.74) is 1.42. The highest BCUT2D eigenvalue weighted by atomic mass is 16.1. The first kappa shape index (κ1) is 10.6. The Bertz CT molecular complexity index is 294. The molecule has 2 aliphatic rings. The second kappa shape index (κ2) is 4.75. The average Bonchev–Trinajstić information content (AvgIpc) is 2.25. The van der Waals surface area contributed by atoms with Crippen LogP contribution < -0.4 is 0 Å². The van der Waals surface area contributed by atoms with E-state index in [0.29, 0.717) is 11.7 Å². The zero-order valence-electron chi connectivity index (χ0n) is 9.41. The van der Waals surface area contributed by atoms with E-state index in [2.05, 4.69) is 30.1 Å². The molecule has 2 rings (SSSR count). The quantitative estimate of drug-likeness (QED) is 0.688. The van der Waals surface area contributed by atoms with Crippen molar-refractivity contribution < 1.29 is 4.79 Å². The Hall–Kier alpha value is -0.890. The highest BCUT2D eigenvalue weighted by molar-refractivity contribution is 5.79. The number of piperidine rings is 1. The topological polar surface area (TPSA) is 20.3 Å². The zero-order valence-corrected chi connectivity index (χ0v) is 9.41. The number of allylic oxidation sites excluding steroid dienone is 2. The van der Waals surface area contributed by atoms with E-state index in [1.807, 2.05) is 0 Å². The molecule has 0 bridgehead atoms. The fourth-order valence-corrected chi connectivity index (χ4v) is 2.11. The van der Waals surface area contributed by atoms with Crippen LogP contribution in [0, 0.1) is 5.92 Å². The molecule has 2 nitrogen and oxygen atoms in total. The fourth-order valence-electron chi connectivity index (χ4n) is 2.11. The third-order valence-electron chi connectivity index (χ3n) is 3.21. The third-order valence-corrected chi connectivity index (χ3v) is 3.21. The maximum absolute atomic E-state index is 11.1. The predicted molar refractivity (Wildman–Crippen MR) is 61.7 cm³/mol. The summed E-state index contributed by atoms with van der Waals surface area (Å²) in [7, 11) is 0. The van der Waals surface area contributed by atoms with Crippen molar-refractivity contribution in [1.29, 1.82) is 0 Å². The standard InChI is InChI=1S/C13H19NO/c1-11-2-4-12(5-3-11)10-14-8-6-13(15)7-9-14/h2,4-5,11H,3,6-10H2,1H3. The van der Waals surface area contributed by atoms with E-state index in [-0.39, 0.29) is 0 Å². The number of nitrogens with zero attached hydrogens (tertiary/aromatic N) is 1. The summed E-state index contributed by atoms with van der Waals surface area (Å²) in [6, 6.07) is 0. The lowest BCUT2D eigenvalue weighted by molar-refractivity contribution is -0.121. The Labute approximate surface area is 91.6 Å². The first-order chi connectivity index (χ1) is 7.24. The molecule has 1 unspecified atom stereocenters. The maximum atomic E-state index is 11.1. The van der Waals surface area contributed by atoms with Gasteiger partial charge in [-0.05, 0) is 17.9 Å². The summed E-state index contributed by atoms with van der Waals surface area (Å²) in [6.07, 6.45) is 9.51. The molecule has 0 spiro atoms. The van der Waals surface area contributed by atoms with Crippen molar-refractivity contribution in [2.24, 2.45) is 5.92 Å². The van der Waals surface area contributed by atoms with E-state index < -0.39 is 0 Å². The molecule has 1 fully saturated rings. The van der Waals surface area contributed by atoms with Crippen LogP contribution >= 0.6 is 0 Å². The lowest BCUT2D eigenvalue weighted by atomic mass is 9.98. The number of Topliss-reactive ketones (excluding diaryl/α,β-unsaturated/α-hetero) is 1. The highest BCUT2D eigenvalue weighted by Crippen LogP contribution is 2.17. The van der Waals surface area contributed by atoms with Crippen LogP contribution in [0.1, 0.15) is 26.2 Å². The number of rotatable bonds is 2. The van der Waals surface area contributed by atoms with Gasteiger partial charge in [0.2, 0.25) is 0 Å². The van der Waals surface area contributed by atoms with Crippen molar-refractivity contribution >= 4 is 5.78 Å². The van der Waals surface area contributed by atoms with Gasteiger partial charge < -0.3 is 0 Å². The lowest BCUT2D eigenvalue weighted by Crippen LogP contribution is -2.35. The molecule has 82 valence electrons. The number of carbonyl (C=O) groups excluding carboxylic acids is 1. The zero-order chi connectivity index (χ0) is 10.7. The minimum Gasteiger partial charge on any atom is -0.300 e. The van der Waals surface area contributed by atoms with E-state index in [9.17, 15) is 4.79 Å². The first-order valence-corrected chi connectivity index (χ1v) is 5.85. The van der Waals surface area contributed by atoms with Gasteiger partial charge in [-0.1, -0.05) is 25.2 Å². The Balaban J connectivity index is 1.82. The van der Waals surface area contributed by atoms with Crippen molar-refractivity contribution in [3.8, 4) is 0 Å². The number of hydrogen-bond acceptors (Lipinski definition) is 2. The van der Waals surface area contributed by atoms with Gasteiger partial charge in [-0.25, -0.2) is 0 Å². The first-order valence-electron chi connectivity index (χ1n) is 5.85. The predicted octanol–water partition coefficient (Wildman–Crippen LogP) is 2.17. The Kier molecular flexibility index (Phi) is 3.37. The van der Waals surface area contributed by atoms with E-state index in [0.717, 1.165) is 32.5 Å². The van der Waals surface area contributed by atoms with Crippen LogP contribution in [0.3, 0.4) is 0 Å². The number of hydrogen-bond donors (Lipinski definition) is 0. The molecular weight excluding hydrogens is 186 g/mol. The minimum atomic E-state index is 0.424. The Morgan fingerprint density at radius 1 is 1.40 bits per heavy atom. The van der Waals surface area contributed by atoms with Crippen LogP contribution in [-0.4, -0.2) is 30.3 Å². The molecule has 1 aliphatic carbocycles. The molecule has 2 heteroatoms. The van der Waals surface area contributed by atoms with Crippen LogP contribution in [0.4, 0.5) is 0 Å². The summed E-state index contributed by atoms with van der Waals surface area (Å²) >= 11 is 0. The monoisotopic (exact) mass is 205 g/mol. The summed E-state index contributed by atoms with van der Waals surface area (Å²) in [6.45, 7) is 5.15. The summed E-state index contributed by atoms with van der Waals surface area (Å²) in [5, 5.41) is 0. The van der Waals surface area contributed by atoms with Gasteiger partial charge >= 0.3 is 0 Å². The van der Waals surface area contributed by atoms with Crippen molar-refractivity contribution in [3.05, 3.63) is 23.8 Å². The maximum Gasteiger partial charge on any atom is 0.135 e. The third kappa shape index (κ3) is 3.03. The fraction of sp³-hybridized carbons (Fsp3) is 0.615. The SMILES string of the molecule is CC1C=CC(CN2CCC(=O)CC2)=CC1. The van der Waals surface area contributed by atoms with Crippen molar-refractivity contribution in [3.63, 3.8) is 0 Å². The van der Waals surface area contributed by atoms with Crippen molar-refractivity contribution in [2.75, 3.05) is 19.6 Å². The molecule has 0 amide bonds. The summed E-state index contributed by atoms with van der Waals surface area (Å²) in [5.74, 6) is 1.12. The van der Waals surface area contributed by atoms with Gasteiger partial charge in [0.15, 0.2) is 0 Å². The lowest BCUT2D eigenvalue weighted by Gasteiger charge is -2.27. The Morgan fingerprint density at radius 2 is 2.13 bits per heavy atom. The molecule has 1 saturated heterocycles. The Morgan fingerprint density at radius 3 is 2.73 bits per heavy atom. The molecule has 15 heavy (non-hydrogen) atoms. The second-order valence-electron chi connectivity index (χ2n) is 4.67. The molecule has 1 aliphatic heterocycles. The van der Waals surface area contributed by atoms with E-state index in [4.69, 9.17) is 0 Å². The second-order valence-corrected chi connectivity index (χ2v) is 4.67. The normalized spacial score (nSPS) is 27.9. The number of carbonyl (C=O) groups is 1. The van der Waals surface area contributed by atoms with Crippen LogP contribution in [0.5, 0.6) is 0 Å². The van der Waals surface area contributed by atoms with Gasteiger partial charge in [-0.3, -0.25) is 9.69 Å². The molecule has 1 atom stereocenters. The van der Waals surface area contributed by atoms with Crippen molar-refractivity contribution in [2.45, 2.75) is 26.2 Å². The van der Waals surface area contributed by atoms with E-state index in [1.54, 1.807) is 0 Å².